The van der Waals surface area contributed by atoms with Gasteiger partial charge in [-0.2, -0.15) is 0 Å². The van der Waals surface area contributed by atoms with E-state index in [1.807, 2.05) is 0 Å². The number of nitrogens with zero attached hydrogens (tertiary/aromatic N) is 2. The molecule has 1 fully saturated rings. The number of phenolic OH excluding ortho intramolecular Hbond substituents is 2. The molecule has 0 aliphatic carbocycles. The molecule has 10 nitrogen and oxygen atoms in total. The maximum absolute atomic E-state index is 13.3. The first-order valence-corrected chi connectivity index (χ1v) is 13.8. The van der Waals surface area contributed by atoms with Crippen LogP contribution in [0.3, 0.4) is 0 Å². The van der Waals surface area contributed by atoms with Crippen molar-refractivity contribution >= 4 is 61.0 Å². The first-order valence-electron chi connectivity index (χ1n) is 11.1. The van der Waals surface area contributed by atoms with Crippen molar-refractivity contribution in [3.63, 3.8) is 0 Å². The lowest BCUT2D eigenvalue weighted by Crippen LogP contribution is -2.29. The minimum absolute atomic E-state index is 0.0692. The number of carbonyl (C=O) groups is 2. The van der Waals surface area contributed by atoms with Gasteiger partial charge >= 0.3 is 5.91 Å². The van der Waals surface area contributed by atoms with Crippen LogP contribution in [0.5, 0.6) is 11.5 Å². The van der Waals surface area contributed by atoms with Crippen molar-refractivity contribution in [1.29, 1.82) is 0 Å². The van der Waals surface area contributed by atoms with Crippen LogP contribution in [0.2, 0.25) is 5.02 Å². The average Bonchev–Trinajstić information content (AvgIpc) is 3.50. The normalized spacial score (nSPS) is 17.1. The lowest BCUT2D eigenvalue weighted by atomic mass is 9.95. The first kappa shape index (κ1) is 26.2. The Morgan fingerprint density at radius 1 is 1.00 bits per heavy atom. The summed E-state index contributed by atoms with van der Waals surface area (Å²) in [7, 11) is -4.07. The van der Waals surface area contributed by atoms with Gasteiger partial charge in [-0.05, 0) is 66.2 Å². The number of carbonyl (C=O) groups excluding carboxylic acids is 2. The van der Waals surface area contributed by atoms with E-state index < -0.39 is 33.3 Å². The zero-order valence-corrected chi connectivity index (χ0v) is 22.0. The predicted octanol–water partition coefficient (Wildman–Crippen LogP) is 4.25. The van der Waals surface area contributed by atoms with Crippen molar-refractivity contribution in [3.8, 4) is 11.5 Å². The molecule has 1 aromatic heterocycles. The zero-order chi connectivity index (χ0) is 28.1. The number of thiazole rings is 1. The molecule has 198 valence electrons. The summed E-state index contributed by atoms with van der Waals surface area (Å²) in [5.41, 5.74) is 6.33. The number of aliphatic hydroxyl groups is 1. The SMILES string of the molecule is Nc1ccc(/C(O)=C2/C(=O)C(=O)N(c3ncc(S(=O)(=O)c4ccc(O)cc4)s3)C2c2ccc(O)c(Cl)c2)cc1. The lowest BCUT2D eigenvalue weighted by molar-refractivity contribution is -0.132. The van der Waals surface area contributed by atoms with Gasteiger partial charge in [0.1, 0.15) is 21.5 Å². The molecule has 1 aliphatic rings. The molecule has 1 amide bonds. The van der Waals surface area contributed by atoms with Crippen molar-refractivity contribution in [2.24, 2.45) is 0 Å². The number of amides is 1. The molecule has 13 heteroatoms. The van der Waals surface area contributed by atoms with E-state index in [1.165, 1.54) is 66.7 Å². The predicted molar refractivity (Wildman–Crippen MR) is 144 cm³/mol. The molecule has 1 atom stereocenters. The van der Waals surface area contributed by atoms with Gasteiger partial charge in [0.2, 0.25) is 9.84 Å². The van der Waals surface area contributed by atoms with Gasteiger partial charge in [-0.1, -0.05) is 29.0 Å². The van der Waals surface area contributed by atoms with E-state index in [4.69, 9.17) is 17.3 Å². The molecule has 3 aromatic carbocycles. The molecule has 0 bridgehead atoms. The van der Waals surface area contributed by atoms with Crippen LogP contribution >= 0.6 is 22.9 Å². The number of rotatable bonds is 5. The second-order valence-corrected chi connectivity index (χ2v) is 12.1. The number of aromatic hydroxyl groups is 2. The molecule has 39 heavy (non-hydrogen) atoms. The number of hydrogen-bond donors (Lipinski definition) is 4. The summed E-state index contributed by atoms with van der Waals surface area (Å²) in [5.74, 6) is -2.93. The van der Waals surface area contributed by atoms with Crippen LogP contribution in [0.1, 0.15) is 17.2 Å². The highest BCUT2D eigenvalue weighted by Crippen LogP contribution is 2.45. The van der Waals surface area contributed by atoms with E-state index in [1.54, 1.807) is 0 Å². The van der Waals surface area contributed by atoms with Crippen LogP contribution in [-0.2, 0) is 19.4 Å². The standard InChI is InChI=1S/C26H18ClN3O7S2/c27-18-11-14(3-10-19(18)32)22-21(23(33)13-1-4-15(28)5-2-13)24(34)25(35)30(22)26-29-12-20(38-26)39(36,37)17-8-6-16(31)7-9-17/h1-12,22,31-33H,28H2/b23-21-. The second kappa shape index (κ2) is 9.73. The summed E-state index contributed by atoms with van der Waals surface area (Å²) in [6.45, 7) is 0. The fraction of sp³-hybridized carbons (Fsp3) is 0.0385. The highest BCUT2D eigenvalue weighted by Gasteiger charge is 2.48. The molecule has 0 radical (unpaired) electrons. The van der Waals surface area contributed by atoms with Gasteiger partial charge in [0, 0.05) is 11.3 Å². The Morgan fingerprint density at radius 3 is 2.31 bits per heavy atom. The molecule has 0 saturated carbocycles. The van der Waals surface area contributed by atoms with E-state index >= 15 is 0 Å². The number of sulfone groups is 1. The Labute approximate surface area is 230 Å². The zero-order valence-electron chi connectivity index (χ0n) is 19.6. The summed E-state index contributed by atoms with van der Waals surface area (Å²) < 4.78 is 26.1. The van der Waals surface area contributed by atoms with E-state index in [0.717, 1.165) is 11.1 Å². The third kappa shape index (κ3) is 4.58. The van der Waals surface area contributed by atoms with Crippen molar-refractivity contribution in [2.75, 3.05) is 10.6 Å². The Morgan fingerprint density at radius 2 is 1.67 bits per heavy atom. The van der Waals surface area contributed by atoms with Gasteiger partial charge < -0.3 is 21.1 Å². The molecular formula is C26H18ClN3O7S2. The van der Waals surface area contributed by atoms with Crippen molar-refractivity contribution < 1.29 is 33.3 Å². The maximum Gasteiger partial charge on any atom is 0.301 e. The minimum atomic E-state index is -4.07. The van der Waals surface area contributed by atoms with Crippen LogP contribution in [0.4, 0.5) is 10.8 Å². The summed E-state index contributed by atoms with van der Waals surface area (Å²) in [4.78, 5) is 31.6. The third-order valence-electron chi connectivity index (χ3n) is 6.01. The van der Waals surface area contributed by atoms with Gasteiger partial charge in [-0.25, -0.2) is 13.4 Å². The monoisotopic (exact) mass is 583 g/mol. The highest BCUT2D eigenvalue weighted by molar-refractivity contribution is 7.93. The smallest absolute Gasteiger partial charge is 0.301 e. The molecule has 1 saturated heterocycles. The number of aliphatic hydroxyl groups excluding tert-OH is 1. The minimum Gasteiger partial charge on any atom is -0.508 e. The number of nitrogen functional groups attached to an aromatic ring is 1. The van der Waals surface area contributed by atoms with Crippen LogP contribution < -0.4 is 10.6 Å². The van der Waals surface area contributed by atoms with E-state index in [-0.39, 0.29) is 47.5 Å². The largest absolute Gasteiger partial charge is 0.508 e. The molecule has 5 N–H and O–H groups in total. The summed E-state index contributed by atoms with van der Waals surface area (Å²) >= 11 is 6.77. The number of aromatic nitrogens is 1. The Kier molecular flexibility index (Phi) is 6.54. The Bertz CT molecular complexity index is 1770. The fourth-order valence-corrected chi connectivity index (χ4v) is 6.80. The number of Topliss-reactive ketones (excluding diaryl/α,β-unsaturated/α-hetero) is 1. The maximum atomic E-state index is 13.3. The summed E-state index contributed by atoms with van der Waals surface area (Å²) in [6, 6.07) is 13.6. The van der Waals surface area contributed by atoms with Crippen LogP contribution in [0.15, 0.2) is 87.6 Å². The van der Waals surface area contributed by atoms with E-state index in [0.29, 0.717) is 17.0 Å². The van der Waals surface area contributed by atoms with Crippen LogP contribution in [0.25, 0.3) is 5.76 Å². The van der Waals surface area contributed by atoms with E-state index in [2.05, 4.69) is 4.98 Å². The molecule has 2 heterocycles. The fourth-order valence-electron chi connectivity index (χ4n) is 4.06. The number of benzene rings is 3. The summed E-state index contributed by atoms with van der Waals surface area (Å²) in [5, 5.41) is 30.4. The average molecular weight is 584 g/mol. The quantitative estimate of drug-likeness (QED) is 0.116. The van der Waals surface area contributed by atoms with Gasteiger partial charge in [0.25, 0.3) is 5.78 Å². The Hall–Kier alpha value is -4.39. The molecule has 5 rings (SSSR count). The van der Waals surface area contributed by atoms with Gasteiger partial charge in [0.05, 0.1) is 27.7 Å². The number of nitrogens with two attached hydrogens (primary N) is 1. The number of hydrogen-bond acceptors (Lipinski definition) is 10. The number of phenols is 2. The van der Waals surface area contributed by atoms with Crippen molar-refractivity contribution in [3.05, 3.63) is 94.6 Å². The van der Waals surface area contributed by atoms with Crippen LogP contribution in [0, 0.1) is 0 Å². The molecule has 4 aromatic rings. The van der Waals surface area contributed by atoms with Crippen molar-refractivity contribution in [2.45, 2.75) is 15.1 Å². The molecule has 1 aliphatic heterocycles. The number of halogens is 1. The number of anilines is 2. The molecular weight excluding hydrogens is 566 g/mol. The molecule has 0 spiro atoms. The van der Waals surface area contributed by atoms with Crippen LogP contribution in [-0.4, -0.2) is 40.4 Å². The van der Waals surface area contributed by atoms with Crippen molar-refractivity contribution in [1.82, 2.24) is 4.98 Å². The van der Waals surface area contributed by atoms with E-state index in [9.17, 15) is 33.3 Å². The van der Waals surface area contributed by atoms with Gasteiger partial charge in [0.15, 0.2) is 5.13 Å². The topological polar surface area (TPSA) is 171 Å². The van der Waals surface area contributed by atoms with Gasteiger partial charge in [-0.3, -0.25) is 14.5 Å². The second-order valence-electron chi connectivity index (χ2n) is 8.46. The van der Waals surface area contributed by atoms with Gasteiger partial charge in [-0.15, -0.1) is 0 Å². The third-order valence-corrected chi connectivity index (χ3v) is 9.54. The highest BCUT2D eigenvalue weighted by atomic mass is 35.5. The summed E-state index contributed by atoms with van der Waals surface area (Å²) in [6.07, 6.45) is 1.06. The molecule has 1 unspecified atom stereocenters. The lowest BCUT2D eigenvalue weighted by Gasteiger charge is -2.23. The first-order chi connectivity index (χ1) is 18.5. The number of ketones is 1. The Balaban J connectivity index is 1.67.